The van der Waals surface area contributed by atoms with Crippen molar-refractivity contribution in [1.82, 2.24) is 0 Å². The van der Waals surface area contributed by atoms with Gasteiger partial charge in [0.2, 0.25) is 0 Å². The molecule has 0 aromatic heterocycles. The number of benzene rings is 2. The lowest BCUT2D eigenvalue weighted by Crippen LogP contribution is -2.60. The van der Waals surface area contributed by atoms with Gasteiger partial charge in [-0.25, -0.2) is 0 Å². The fourth-order valence-electron chi connectivity index (χ4n) is 3.15. The molecule has 3 rings (SSSR count). The van der Waals surface area contributed by atoms with E-state index in [1.807, 2.05) is 60.7 Å². The molecule has 1 saturated heterocycles. The van der Waals surface area contributed by atoms with Gasteiger partial charge in [0.15, 0.2) is 6.29 Å². The lowest BCUT2D eigenvalue weighted by Gasteiger charge is -2.43. The second-order valence-corrected chi connectivity index (χ2v) is 6.47. The first-order valence-electron chi connectivity index (χ1n) is 9.01. The van der Waals surface area contributed by atoms with Crippen LogP contribution < -0.4 is 0 Å². The molecule has 6 nitrogen and oxygen atoms in total. The zero-order valence-electron chi connectivity index (χ0n) is 15.3. The first kappa shape index (κ1) is 19.9. The summed E-state index contributed by atoms with van der Waals surface area (Å²) < 4.78 is 22.9. The molecule has 1 aliphatic heterocycles. The highest BCUT2D eigenvalue weighted by molar-refractivity contribution is 5.14. The molecule has 27 heavy (non-hydrogen) atoms. The number of ether oxygens (including phenoxy) is 4. The zero-order chi connectivity index (χ0) is 19.1. The van der Waals surface area contributed by atoms with Crippen LogP contribution in [-0.4, -0.2) is 54.6 Å². The lowest BCUT2D eigenvalue weighted by molar-refractivity contribution is -0.313. The topological polar surface area (TPSA) is 77.4 Å². The second-order valence-electron chi connectivity index (χ2n) is 6.47. The maximum absolute atomic E-state index is 10.9. The Morgan fingerprint density at radius 1 is 0.852 bits per heavy atom. The Morgan fingerprint density at radius 3 is 1.85 bits per heavy atom. The second kappa shape index (κ2) is 9.94. The Hall–Kier alpha value is -1.80. The molecule has 1 aliphatic rings. The van der Waals surface area contributed by atoms with Crippen molar-refractivity contribution in [1.29, 1.82) is 0 Å². The third kappa shape index (κ3) is 5.13. The minimum atomic E-state index is -1.01. The van der Waals surface area contributed by atoms with Gasteiger partial charge in [-0.05, 0) is 11.1 Å². The van der Waals surface area contributed by atoms with Crippen LogP contribution in [0.15, 0.2) is 60.7 Å². The van der Waals surface area contributed by atoms with Gasteiger partial charge in [0.25, 0.3) is 0 Å². The van der Waals surface area contributed by atoms with E-state index < -0.39 is 30.7 Å². The first-order valence-corrected chi connectivity index (χ1v) is 9.01. The van der Waals surface area contributed by atoms with Crippen molar-refractivity contribution in [2.45, 2.75) is 43.9 Å². The minimum absolute atomic E-state index is 0.290. The summed E-state index contributed by atoms with van der Waals surface area (Å²) in [4.78, 5) is 0. The summed E-state index contributed by atoms with van der Waals surface area (Å²) in [6.07, 6.45) is -3.97. The van der Waals surface area contributed by atoms with Crippen molar-refractivity contribution in [2.24, 2.45) is 0 Å². The van der Waals surface area contributed by atoms with Gasteiger partial charge >= 0.3 is 0 Å². The molecule has 0 aliphatic carbocycles. The highest BCUT2D eigenvalue weighted by Gasteiger charge is 2.46. The van der Waals surface area contributed by atoms with Gasteiger partial charge in [0.1, 0.15) is 24.4 Å². The summed E-state index contributed by atoms with van der Waals surface area (Å²) in [6.45, 7) is 0.314. The molecule has 5 atom stereocenters. The van der Waals surface area contributed by atoms with Crippen LogP contribution in [0.25, 0.3) is 0 Å². The van der Waals surface area contributed by atoms with Gasteiger partial charge in [-0.3, -0.25) is 0 Å². The minimum Gasteiger partial charge on any atom is -0.394 e. The van der Waals surface area contributed by atoms with Crippen molar-refractivity contribution in [3.8, 4) is 0 Å². The van der Waals surface area contributed by atoms with Crippen molar-refractivity contribution in [2.75, 3.05) is 13.7 Å². The number of aliphatic hydroxyl groups excluding tert-OH is 2. The Kier molecular flexibility index (Phi) is 7.34. The maximum atomic E-state index is 10.9. The van der Waals surface area contributed by atoms with Crippen LogP contribution in [0, 0.1) is 0 Å². The SMILES string of the molecule is CO[C@@H]1OC(CO)[C@H](OCc2ccccc2)[C@H](O)C1OCc1ccccc1. The number of hydrogen-bond donors (Lipinski definition) is 2. The molecule has 0 saturated carbocycles. The average molecular weight is 374 g/mol. The number of rotatable bonds is 8. The van der Waals surface area contributed by atoms with E-state index in [1.54, 1.807) is 0 Å². The van der Waals surface area contributed by atoms with Crippen LogP contribution >= 0.6 is 0 Å². The molecular formula is C21H26O6. The quantitative estimate of drug-likeness (QED) is 0.735. The highest BCUT2D eigenvalue weighted by Crippen LogP contribution is 2.27. The van der Waals surface area contributed by atoms with Crippen LogP contribution in [0.1, 0.15) is 11.1 Å². The summed E-state index contributed by atoms with van der Waals surface area (Å²) >= 11 is 0. The van der Waals surface area contributed by atoms with Gasteiger partial charge in [-0.2, -0.15) is 0 Å². The van der Waals surface area contributed by atoms with Gasteiger partial charge in [-0.15, -0.1) is 0 Å². The summed E-state index contributed by atoms with van der Waals surface area (Å²) in [6, 6.07) is 19.3. The Balaban J connectivity index is 1.68. The fourth-order valence-corrected chi connectivity index (χ4v) is 3.15. The highest BCUT2D eigenvalue weighted by atomic mass is 16.7. The maximum Gasteiger partial charge on any atom is 0.186 e. The molecule has 146 valence electrons. The molecule has 0 radical (unpaired) electrons. The van der Waals surface area contributed by atoms with Crippen LogP contribution in [0.3, 0.4) is 0 Å². The van der Waals surface area contributed by atoms with Crippen LogP contribution in [-0.2, 0) is 32.2 Å². The van der Waals surface area contributed by atoms with Crippen LogP contribution in [0.4, 0.5) is 0 Å². The van der Waals surface area contributed by atoms with E-state index in [-0.39, 0.29) is 6.61 Å². The molecule has 0 amide bonds. The van der Waals surface area contributed by atoms with Crippen LogP contribution in [0.5, 0.6) is 0 Å². The first-order chi connectivity index (χ1) is 13.2. The van der Waals surface area contributed by atoms with Crippen molar-refractivity contribution in [3.05, 3.63) is 71.8 Å². The van der Waals surface area contributed by atoms with E-state index >= 15 is 0 Å². The molecule has 0 bridgehead atoms. The van der Waals surface area contributed by atoms with E-state index in [0.29, 0.717) is 13.2 Å². The zero-order valence-corrected chi connectivity index (χ0v) is 15.3. The average Bonchev–Trinajstić information content (AvgIpc) is 2.73. The molecule has 1 fully saturated rings. The molecule has 0 spiro atoms. The van der Waals surface area contributed by atoms with Gasteiger partial charge in [-0.1, -0.05) is 60.7 Å². The Bertz CT molecular complexity index is 607. The van der Waals surface area contributed by atoms with E-state index in [2.05, 4.69) is 0 Å². The molecule has 2 N–H and O–H groups in total. The van der Waals surface area contributed by atoms with Crippen molar-refractivity contribution >= 4 is 0 Å². The van der Waals surface area contributed by atoms with E-state index in [0.717, 1.165) is 11.1 Å². The normalized spacial score (nSPS) is 28.2. The van der Waals surface area contributed by atoms with Gasteiger partial charge in [0.05, 0.1) is 19.8 Å². The molecule has 2 aromatic rings. The number of methoxy groups -OCH3 is 1. The summed E-state index contributed by atoms with van der Waals surface area (Å²) in [5, 5.41) is 20.5. The van der Waals surface area contributed by atoms with Gasteiger partial charge in [0, 0.05) is 7.11 Å². The lowest BCUT2D eigenvalue weighted by atomic mass is 9.98. The van der Waals surface area contributed by atoms with Crippen LogP contribution in [0.2, 0.25) is 0 Å². The smallest absolute Gasteiger partial charge is 0.186 e. The number of hydrogen-bond acceptors (Lipinski definition) is 6. The predicted octanol–water partition coefficient (Wildman–Crippen LogP) is 1.88. The summed E-state index contributed by atoms with van der Waals surface area (Å²) in [5.74, 6) is 0. The monoisotopic (exact) mass is 374 g/mol. The molecule has 6 heteroatoms. The van der Waals surface area contributed by atoms with Gasteiger partial charge < -0.3 is 29.2 Å². The van der Waals surface area contributed by atoms with Crippen molar-refractivity contribution < 1.29 is 29.2 Å². The Morgan fingerprint density at radius 2 is 1.37 bits per heavy atom. The third-order valence-corrected chi connectivity index (χ3v) is 4.60. The molecule has 2 aromatic carbocycles. The van der Waals surface area contributed by atoms with E-state index in [1.165, 1.54) is 7.11 Å². The van der Waals surface area contributed by atoms with E-state index in [9.17, 15) is 10.2 Å². The molecular weight excluding hydrogens is 348 g/mol. The standard InChI is InChI=1S/C21H26O6/c1-24-21-20(26-14-16-10-6-3-7-11-16)18(23)19(17(12-22)27-21)25-13-15-8-4-2-5-9-15/h2-11,17-23H,12-14H2,1H3/t17?,18-,19-,20?,21+/m0/s1. The molecule has 1 heterocycles. The predicted molar refractivity (Wildman–Crippen MR) is 98.8 cm³/mol. The van der Waals surface area contributed by atoms with E-state index in [4.69, 9.17) is 18.9 Å². The molecule has 2 unspecified atom stereocenters. The Labute approximate surface area is 159 Å². The fraction of sp³-hybridized carbons (Fsp3) is 0.429. The largest absolute Gasteiger partial charge is 0.394 e. The summed E-state index contributed by atoms with van der Waals surface area (Å²) in [7, 11) is 1.48. The summed E-state index contributed by atoms with van der Waals surface area (Å²) in [5.41, 5.74) is 1.95. The van der Waals surface area contributed by atoms with Crippen molar-refractivity contribution in [3.63, 3.8) is 0 Å². The third-order valence-electron chi connectivity index (χ3n) is 4.60. The number of aliphatic hydroxyl groups is 2.